The molecule has 0 spiro atoms. The zero-order valence-electron chi connectivity index (χ0n) is 9.27. The number of carbonyl (C=O) groups is 1. The first-order chi connectivity index (χ1) is 7.58. The van der Waals surface area contributed by atoms with Gasteiger partial charge < -0.3 is 0 Å². The lowest BCUT2D eigenvalue weighted by Gasteiger charge is -2.11. The van der Waals surface area contributed by atoms with Gasteiger partial charge in [-0.25, -0.2) is 9.40 Å². The van der Waals surface area contributed by atoms with Gasteiger partial charge in [0, 0.05) is 0 Å². The number of carbonyl (C=O) groups excluding carboxylic acids is 1. The number of halogens is 1. The summed E-state index contributed by atoms with van der Waals surface area (Å²) in [5, 5.41) is 5.59. The predicted molar refractivity (Wildman–Crippen MR) is 60.8 cm³/mol. The van der Waals surface area contributed by atoms with E-state index in [-0.39, 0.29) is 17.6 Å². The summed E-state index contributed by atoms with van der Waals surface area (Å²) in [4.78, 5) is 11.7. The zero-order chi connectivity index (χ0) is 11.7. The molecule has 1 aliphatic heterocycles. The maximum absolute atomic E-state index is 12.7. The minimum absolute atomic E-state index is 0.0599. The van der Waals surface area contributed by atoms with Crippen LogP contribution in [0.3, 0.4) is 0 Å². The van der Waals surface area contributed by atoms with Gasteiger partial charge in [0.05, 0.1) is 17.8 Å². The number of amides is 1. The summed E-state index contributed by atoms with van der Waals surface area (Å²) >= 11 is 0. The fourth-order valence-corrected chi connectivity index (χ4v) is 1.55. The highest BCUT2D eigenvalue weighted by atomic mass is 19.1. The average molecular weight is 220 g/mol. The van der Waals surface area contributed by atoms with Crippen molar-refractivity contribution in [3.05, 3.63) is 30.1 Å². The molecular weight excluding hydrogens is 207 g/mol. The Kier molecular flexibility index (Phi) is 2.73. The molecule has 0 fully saturated rings. The summed E-state index contributed by atoms with van der Waals surface area (Å²) in [6.45, 7) is 4.00. The molecule has 2 rings (SSSR count). The zero-order valence-corrected chi connectivity index (χ0v) is 9.27. The van der Waals surface area contributed by atoms with Crippen LogP contribution in [0.2, 0.25) is 0 Å². The second-order valence-electron chi connectivity index (χ2n) is 4.10. The van der Waals surface area contributed by atoms with Gasteiger partial charge >= 0.3 is 0 Å². The van der Waals surface area contributed by atoms with E-state index in [1.54, 1.807) is 12.1 Å². The molecule has 0 N–H and O–H groups in total. The monoisotopic (exact) mass is 220 g/mol. The van der Waals surface area contributed by atoms with Crippen LogP contribution in [-0.4, -0.2) is 11.6 Å². The van der Waals surface area contributed by atoms with Gasteiger partial charge in [-0.05, 0) is 30.2 Å². The molecule has 1 amide bonds. The van der Waals surface area contributed by atoms with Crippen LogP contribution in [0.4, 0.5) is 10.1 Å². The molecular formula is C12H13FN2O. The number of benzene rings is 1. The first kappa shape index (κ1) is 10.8. The van der Waals surface area contributed by atoms with Crippen LogP contribution >= 0.6 is 0 Å². The fourth-order valence-electron chi connectivity index (χ4n) is 1.55. The third-order valence-electron chi connectivity index (χ3n) is 2.53. The molecule has 16 heavy (non-hydrogen) atoms. The van der Waals surface area contributed by atoms with Crippen molar-refractivity contribution in [3.8, 4) is 0 Å². The molecule has 1 aliphatic rings. The molecule has 0 aromatic heterocycles. The van der Waals surface area contributed by atoms with E-state index in [1.807, 2.05) is 13.8 Å². The number of rotatable bonds is 2. The smallest absolute Gasteiger partial charge is 0.253 e. The van der Waals surface area contributed by atoms with E-state index in [0.717, 1.165) is 5.71 Å². The lowest BCUT2D eigenvalue weighted by Crippen LogP contribution is -2.19. The van der Waals surface area contributed by atoms with E-state index in [4.69, 9.17) is 0 Å². The summed E-state index contributed by atoms with van der Waals surface area (Å²) in [6.07, 6.45) is 0.356. The largest absolute Gasteiger partial charge is 0.272 e. The molecule has 0 atom stereocenters. The highest BCUT2D eigenvalue weighted by molar-refractivity contribution is 6.13. The van der Waals surface area contributed by atoms with Gasteiger partial charge in [0.15, 0.2) is 0 Å². The lowest BCUT2D eigenvalue weighted by atomic mass is 10.1. The van der Waals surface area contributed by atoms with E-state index in [9.17, 15) is 9.18 Å². The Bertz CT molecular complexity index is 437. The quantitative estimate of drug-likeness (QED) is 0.754. The lowest BCUT2D eigenvalue weighted by molar-refractivity contribution is -0.116. The second-order valence-corrected chi connectivity index (χ2v) is 4.10. The van der Waals surface area contributed by atoms with Gasteiger partial charge in [-0.2, -0.15) is 5.10 Å². The maximum atomic E-state index is 12.7. The van der Waals surface area contributed by atoms with E-state index >= 15 is 0 Å². The minimum atomic E-state index is -0.316. The first-order valence-electron chi connectivity index (χ1n) is 5.24. The van der Waals surface area contributed by atoms with Gasteiger partial charge in [0.25, 0.3) is 5.91 Å². The molecule has 0 aliphatic carbocycles. The van der Waals surface area contributed by atoms with E-state index < -0.39 is 0 Å². The predicted octanol–water partition coefficient (Wildman–Crippen LogP) is 2.57. The van der Waals surface area contributed by atoms with Crippen molar-refractivity contribution >= 4 is 17.3 Å². The molecule has 0 unspecified atom stereocenters. The minimum Gasteiger partial charge on any atom is -0.272 e. The van der Waals surface area contributed by atoms with Gasteiger partial charge in [-0.3, -0.25) is 4.79 Å². The van der Waals surface area contributed by atoms with E-state index in [0.29, 0.717) is 12.1 Å². The van der Waals surface area contributed by atoms with Crippen LogP contribution in [0, 0.1) is 11.7 Å². The van der Waals surface area contributed by atoms with Crippen LogP contribution in [-0.2, 0) is 4.79 Å². The SMILES string of the molecule is CC(C)C1=NN(c2ccc(F)cc2)C(=O)C1. The van der Waals surface area contributed by atoms with E-state index in [2.05, 4.69) is 5.10 Å². The summed E-state index contributed by atoms with van der Waals surface area (Å²) in [5.41, 5.74) is 1.48. The second kappa shape index (κ2) is 4.04. The molecule has 1 aromatic rings. The molecule has 0 saturated heterocycles. The number of nitrogens with zero attached hydrogens (tertiary/aromatic N) is 2. The highest BCUT2D eigenvalue weighted by Crippen LogP contribution is 2.22. The third kappa shape index (κ3) is 1.96. The van der Waals surface area contributed by atoms with Crippen LogP contribution in [0.1, 0.15) is 20.3 Å². The fraction of sp³-hybridized carbons (Fsp3) is 0.333. The van der Waals surface area contributed by atoms with Crippen molar-refractivity contribution in [1.82, 2.24) is 0 Å². The van der Waals surface area contributed by atoms with Crippen molar-refractivity contribution in [2.75, 3.05) is 5.01 Å². The molecule has 0 bridgehead atoms. The Labute approximate surface area is 93.6 Å². The molecule has 0 saturated carbocycles. The van der Waals surface area contributed by atoms with Gasteiger partial charge in [0.1, 0.15) is 5.82 Å². The molecule has 4 heteroatoms. The topological polar surface area (TPSA) is 32.7 Å². The van der Waals surface area contributed by atoms with Gasteiger partial charge in [0.2, 0.25) is 0 Å². The maximum Gasteiger partial charge on any atom is 0.253 e. The van der Waals surface area contributed by atoms with Gasteiger partial charge in [-0.1, -0.05) is 13.8 Å². The van der Waals surface area contributed by atoms with Crippen molar-refractivity contribution in [1.29, 1.82) is 0 Å². The summed E-state index contributed by atoms with van der Waals surface area (Å²) in [7, 11) is 0. The van der Waals surface area contributed by atoms with Crippen LogP contribution < -0.4 is 5.01 Å². The van der Waals surface area contributed by atoms with Gasteiger partial charge in [-0.15, -0.1) is 0 Å². The number of hydrogen-bond acceptors (Lipinski definition) is 2. The molecule has 1 heterocycles. The van der Waals surface area contributed by atoms with Crippen LogP contribution in [0.5, 0.6) is 0 Å². The molecule has 0 radical (unpaired) electrons. The number of hydrazone groups is 1. The van der Waals surface area contributed by atoms with Crippen molar-refractivity contribution in [2.24, 2.45) is 11.0 Å². The summed E-state index contributed by atoms with van der Waals surface area (Å²) in [5.74, 6) is -0.117. The average Bonchev–Trinajstić information content (AvgIpc) is 2.62. The number of hydrogen-bond donors (Lipinski definition) is 0. The Balaban J connectivity index is 2.28. The molecule has 1 aromatic carbocycles. The summed E-state index contributed by atoms with van der Waals surface area (Å²) < 4.78 is 12.7. The Hall–Kier alpha value is -1.71. The van der Waals surface area contributed by atoms with E-state index in [1.165, 1.54) is 17.1 Å². The van der Waals surface area contributed by atoms with Crippen molar-refractivity contribution < 1.29 is 9.18 Å². The summed E-state index contributed by atoms with van der Waals surface area (Å²) in [6, 6.07) is 5.76. The Morgan fingerprint density at radius 2 is 1.94 bits per heavy atom. The number of anilines is 1. The van der Waals surface area contributed by atoms with Crippen LogP contribution in [0.15, 0.2) is 29.4 Å². The highest BCUT2D eigenvalue weighted by Gasteiger charge is 2.26. The Morgan fingerprint density at radius 3 is 2.44 bits per heavy atom. The molecule has 3 nitrogen and oxygen atoms in total. The van der Waals surface area contributed by atoms with Crippen molar-refractivity contribution in [3.63, 3.8) is 0 Å². The van der Waals surface area contributed by atoms with Crippen molar-refractivity contribution in [2.45, 2.75) is 20.3 Å². The Morgan fingerprint density at radius 1 is 1.31 bits per heavy atom. The first-order valence-corrected chi connectivity index (χ1v) is 5.24. The third-order valence-corrected chi connectivity index (χ3v) is 2.53. The van der Waals surface area contributed by atoms with Crippen LogP contribution in [0.25, 0.3) is 0 Å². The normalized spacial score (nSPS) is 15.9. The standard InChI is InChI=1S/C12H13FN2O/c1-8(2)11-7-12(16)15(14-11)10-5-3-9(13)4-6-10/h3-6,8H,7H2,1-2H3. The molecule has 84 valence electrons.